The number of nitrogens with zero attached hydrogens (tertiary/aromatic N) is 2. The molecule has 2 N–H and O–H groups in total. The molecule has 14 heavy (non-hydrogen) atoms. The lowest BCUT2D eigenvalue weighted by molar-refractivity contribution is 0.531. The molecule has 0 atom stereocenters. The molecule has 0 aliphatic carbocycles. The molecule has 2 aromatic rings. The number of fused-ring (bicyclic) bond motifs is 1. The summed E-state index contributed by atoms with van der Waals surface area (Å²) in [7, 11) is 0. The van der Waals surface area contributed by atoms with Crippen LogP contribution in [-0.2, 0) is 3.79 Å². The quantitative estimate of drug-likeness (QED) is 0.732. The van der Waals surface area contributed by atoms with E-state index in [2.05, 4.69) is 9.97 Å². The van der Waals surface area contributed by atoms with E-state index in [4.69, 9.17) is 45.0 Å². The molecule has 0 saturated carbocycles. The van der Waals surface area contributed by atoms with Crippen LogP contribution in [0.1, 0.15) is 5.89 Å². The number of halogens is 3. The summed E-state index contributed by atoms with van der Waals surface area (Å²) in [5, 5.41) is 0. The zero-order valence-electron chi connectivity index (χ0n) is 6.67. The Kier molecular flexibility index (Phi) is 2.21. The zero-order chi connectivity index (χ0) is 10.3. The molecule has 7 heteroatoms. The Labute approximate surface area is 94.0 Å². The Hall–Kier alpha value is -0.710. The van der Waals surface area contributed by atoms with Crippen molar-refractivity contribution in [1.82, 2.24) is 9.97 Å². The second-order valence-corrected chi connectivity index (χ2v) is 4.89. The molecule has 0 fully saturated rings. The molecule has 4 nitrogen and oxygen atoms in total. The van der Waals surface area contributed by atoms with Crippen molar-refractivity contribution in [3.05, 3.63) is 18.2 Å². The number of oxazole rings is 1. The fourth-order valence-electron chi connectivity index (χ4n) is 0.960. The van der Waals surface area contributed by atoms with Crippen molar-refractivity contribution >= 4 is 51.7 Å². The Morgan fingerprint density at radius 1 is 1.36 bits per heavy atom. The van der Waals surface area contributed by atoms with Gasteiger partial charge in [0.05, 0.1) is 11.9 Å². The monoisotopic (exact) mass is 251 g/mol. The number of nitrogen functional groups attached to an aromatic ring is 1. The number of rotatable bonds is 0. The Bertz CT molecular complexity index is 476. The highest BCUT2D eigenvalue weighted by atomic mass is 35.6. The summed E-state index contributed by atoms with van der Waals surface area (Å²) in [4.78, 5) is 7.82. The molecule has 0 bridgehead atoms. The largest absolute Gasteiger partial charge is 0.418 e. The van der Waals surface area contributed by atoms with E-state index < -0.39 is 3.79 Å². The summed E-state index contributed by atoms with van der Waals surface area (Å²) in [6.45, 7) is 0. The van der Waals surface area contributed by atoms with E-state index >= 15 is 0 Å². The standard InChI is InChI=1S/C7H4Cl3N3O/c8-7(9,10)6-13-4-1-3(11)2-12-5(4)14-6/h1-2H,11H2. The summed E-state index contributed by atoms with van der Waals surface area (Å²) < 4.78 is 3.43. The number of hydrogen-bond donors (Lipinski definition) is 1. The Morgan fingerprint density at radius 2 is 2.07 bits per heavy atom. The number of hydrogen-bond acceptors (Lipinski definition) is 4. The maximum Gasteiger partial charge on any atom is 0.266 e. The topological polar surface area (TPSA) is 64.9 Å². The van der Waals surface area contributed by atoms with Gasteiger partial charge < -0.3 is 10.2 Å². The zero-order valence-corrected chi connectivity index (χ0v) is 8.94. The van der Waals surface area contributed by atoms with E-state index in [0.29, 0.717) is 16.9 Å². The molecule has 0 radical (unpaired) electrons. The van der Waals surface area contributed by atoms with Gasteiger partial charge in [-0.25, -0.2) is 9.97 Å². The van der Waals surface area contributed by atoms with Gasteiger partial charge in [0.15, 0.2) is 0 Å². The third-order valence-corrected chi connectivity index (χ3v) is 2.00. The van der Waals surface area contributed by atoms with Crippen molar-refractivity contribution in [3.63, 3.8) is 0 Å². The van der Waals surface area contributed by atoms with Crippen molar-refractivity contribution in [2.24, 2.45) is 0 Å². The third kappa shape index (κ3) is 1.73. The van der Waals surface area contributed by atoms with Crippen molar-refractivity contribution in [3.8, 4) is 0 Å². The lowest BCUT2D eigenvalue weighted by atomic mass is 10.4. The minimum atomic E-state index is -1.69. The van der Waals surface area contributed by atoms with Gasteiger partial charge in [-0.1, -0.05) is 34.8 Å². The lowest BCUT2D eigenvalue weighted by Gasteiger charge is -2.02. The number of aromatic nitrogens is 2. The van der Waals surface area contributed by atoms with Gasteiger partial charge in [-0.3, -0.25) is 0 Å². The fraction of sp³-hybridized carbons (Fsp3) is 0.143. The highest BCUT2D eigenvalue weighted by Gasteiger charge is 2.29. The Morgan fingerprint density at radius 3 is 2.71 bits per heavy atom. The molecule has 2 heterocycles. The minimum absolute atomic E-state index is 0.0180. The van der Waals surface area contributed by atoms with Crippen LogP contribution in [0.2, 0.25) is 0 Å². The summed E-state index contributed by atoms with van der Waals surface area (Å²) >= 11 is 16.8. The van der Waals surface area contributed by atoms with Gasteiger partial charge in [0.25, 0.3) is 3.79 Å². The van der Waals surface area contributed by atoms with Crippen molar-refractivity contribution < 1.29 is 4.42 Å². The first-order valence-electron chi connectivity index (χ1n) is 3.56. The third-order valence-electron chi connectivity index (χ3n) is 1.51. The first kappa shape index (κ1) is 9.83. The molecule has 2 rings (SSSR count). The molecular formula is C7H4Cl3N3O. The van der Waals surface area contributed by atoms with Crippen LogP contribution in [0.3, 0.4) is 0 Å². The van der Waals surface area contributed by atoms with E-state index in [1.807, 2.05) is 0 Å². The summed E-state index contributed by atoms with van der Waals surface area (Å²) in [5.41, 5.74) is 6.73. The Balaban J connectivity index is 2.63. The number of pyridine rings is 1. The summed E-state index contributed by atoms with van der Waals surface area (Å²) in [6.07, 6.45) is 1.44. The summed E-state index contributed by atoms with van der Waals surface area (Å²) in [6, 6.07) is 1.59. The van der Waals surface area contributed by atoms with Crippen LogP contribution < -0.4 is 5.73 Å². The van der Waals surface area contributed by atoms with E-state index in [0.717, 1.165) is 0 Å². The van der Waals surface area contributed by atoms with Crippen LogP contribution in [0, 0.1) is 0 Å². The van der Waals surface area contributed by atoms with Crippen molar-refractivity contribution in [2.75, 3.05) is 5.73 Å². The molecule has 2 aromatic heterocycles. The van der Waals surface area contributed by atoms with E-state index in [-0.39, 0.29) is 5.89 Å². The predicted octanol–water partition coefficient (Wildman–Crippen LogP) is 2.63. The van der Waals surface area contributed by atoms with Gasteiger partial charge in [-0.2, -0.15) is 0 Å². The average Bonchev–Trinajstić information content (AvgIpc) is 2.45. The van der Waals surface area contributed by atoms with Crippen LogP contribution in [0.15, 0.2) is 16.7 Å². The molecule has 0 aliphatic rings. The van der Waals surface area contributed by atoms with Crippen LogP contribution in [-0.4, -0.2) is 9.97 Å². The first-order chi connectivity index (χ1) is 6.47. The molecule has 74 valence electrons. The van der Waals surface area contributed by atoms with Gasteiger partial charge in [-0.05, 0) is 6.07 Å². The van der Waals surface area contributed by atoms with Gasteiger partial charge in [0.2, 0.25) is 11.6 Å². The number of anilines is 1. The lowest BCUT2D eigenvalue weighted by Crippen LogP contribution is -1.99. The van der Waals surface area contributed by atoms with Crippen LogP contribution in [0.5, 0.6) is 0 Å². The van der Waals surface area contributed by atoms with Gasteiger partial charge in [-0.15, -0.1) is 0 Å². The second-order valence-electron chi connectivity index (χ2n) is 2.61. The van der Waals surface area contributed by atoms with Gasteiger partial charge in [0, 0.05) is 0 Å². The predicted molar refractivity (Wildman–Crippen MR) is 55.5 cm³/mol. The van der Waals surface area contributed by atoms with E-state index in [9.17, 15) is 0 Å². The maximum atomic E-state index is 5.59. The van der Waals surface area contributed by atoms with Gasteiger partial charge >= 0.3 is 0 Å². The number of nitrogens with two attached hydrogens (primary N) is 1. The average molecular weight is 252 g/mol. The van der Waals surface area contributed by atoms with Crippen LogP contribution >= 0.6 is 34.8 Å². The molecule has 0 aliphatic heterocycles. The first-order valence-corrected chi connectivity index (χ1v) is 4.69. The van der Waals surface area contributed by atoms with Crippen LogP contribution in [0.25, 0.3) is 11.2 Å². The normalized spacial score (nSPS) is 12.2. The SMILES string of the molecule is Nc1cnc2oc(C(Cl)(Cl)Cl)nc2c1. The molecule has 0 aromatic carbocycles. The molecule has 0 spiro atoms. The van der Waals surface area contributed by atoms with Gasteiger partial charge in [0.1, 0.15) is 5.52 Å². The van der Waals surface area contributed by atoms with Crippen molar-refractivity contribution in [2.45, 2.75) is 3.79 Å². The second kappa shape index (κ2) is 3.15. The van der Waals surface area contributed by atoms with E-state index in [1.165, 1.54) is 6.20 Å². The van der Waals surface area contributed by atoms with Crippen molar-refractivity contribution in [1.29, 1.82) is 0 Å². The minimum Gasteiger partial charge on any atom is -0.418 e. The maximum absolute atomic E-state index is 5.59. The summed E-state index contributed by atoms with van der Waals surface area (Å²) in [5.74, 6) is -0.0180. The fourth-order valence-corrected chi connectivity index (χ4v) is 1.20. The smallest absolute Gasteiger partial charge is 0.266 e. The molecule has 0 saturated heterocycles. The molecular weight excluding hydrogens is 248 g/mol. The highest BCUT2D eigenvalue weighted by Crippen LogP contribution is 2.38. The highest BCUT2D eigenvalue weighted by molar-refractivity contribution is 6.66. The van der Waals surface area contributed by atoms with E-state index in [1.54, 1.807) is 6.07 Å². The molecule has 0 unspecified atom stereocenters. The molecule has 0 amide bonds. The number of alkyl halides is 3. The van der Waals surface area contributed by atoms with Crippen LogP contribution in [0.4, 0.5) is 5.69 Å².